The number of esters is 1. The molecular weight excluding hydrogens is 474 g/mol. The lowest BCUT2D eigenvalue weighted by molar-refractivity contribution is 0.0729. The third-order valence-electron chi connectivity index (χ3n) is 6.18. The van der Waals surface area contributed by atoms with E-state index in [-0.39, 0.29) is 17.2 Å². The minimum absolute atomic E-state index is 0.0746. The molecule has 3 aromatic rings. The molecule has 2 aliphatic rings. The van der Waals surface area contributed by atoms with Crippen LogP contribution in [0.4, 0.5) is 5.00 Å². The first-order valence-electron chi connectivity index (χ1n) is 11.1. The molecule has 1 amide bonds. The number of rotatable bonds is 5. The van der Waals surface area contributed by atoms with Crippen molar-refractivity contribution in [2.75, 3.05) is 25.5 Å². The molecular formula is C25H24ClN3O4S. The van der Waals surface area contributed by atoms with Crippen LogP contribution >= 0.6 is 22.9 Å². The SMILES string of the molecule is CCN1CCc2c(sc3c2C(=O)N[C@H](c2ccc(OC(=O)c4ccccc4Cl)c(OC)c2)N3)C1. The highest BCUT2D eigenvalue weighted by Crippen LogP contribution is 2.41. The van der Waals surface area contributed by atoms with Crippen LogP contribution in [-0.4, -0.2) is 37.0 Å². The molecule has 2 aliphatic heterocycles. The summed E-state index contributed by atoms with van der Waals surface area (Å²) >= 11 is 7.77. The minimum atomic E-state index is -0.573. The highest BCUT2D eigenvalue weighted by Gasteiger charge is 2.33. The van der Waals surface area contributed by atoms with Gasteiger partial charge in [0.15, 0.2) is 11.5 Å². The van der Waals surface area contributed by atoms with Crippen molar-refractivity contribution in [3.8, 4) is 11.5 Å². The van der Waals surface area contributed by atoms with Gasteiger partial charge in [-0.15, -0.1) is 11.3 Å². The first-order chi connectivity index (χ1) is 16.5. The maximum atomic E-state index is 13.0. The predicted octanol–water partition coefficient (Wildman–Crippen LogP) is 4.86. The summed E-state index contributed by atoms with van der Waals surface area (Å²) in [6.07, 6.45) is 0.457. The summed E-state index contributed by atoms with van der Waals surface area (Å²) in [5.74, 6) is -0.000820. The number of nitrogens with one attached hydrogen (secondary N) is 2. The molecule has 9 heteroatoms. The Morgan fingerprint density at radius 3 is 2.79 bits per heavy atom. The van der Waals surface area contributed by atoms with E-state index in [4.69, 9.17) is 21.1 Å². The molecule has 0 spiro atoms. The van der Waals surface area contributed by atoms with E-state index in [9.17, 15) is 9.59 Å². The van der Waals surface area contributed by atoms with Crippen LogP contribution in [0.3, 0.4) is 0 Å². The predicted molar refractivity (Wildman–Crippen MR) is 132 cm³/mol. The van der Waals surface area contributed by atoms with E-state index in [1.54, 1.807) is 53.8 Å². The highest BCUT2D eigenvalue weighted by atomic mass is 35.5. The zero-order chi connectivity index (χ0) is 23.8. The van der Waals surface area contributed by atoms with E-state index in [1.165, 1.54) is 12.0 Å². The quantitative estimate of drug-likeness (QED) is 0.387. The van der Waals surface area contributed by atoms with Gasteiger partial charge in [-0.05, 0) is 48.4 Å². The van der Waals surface area contributed by atoms with Gasteiger partial charge in [0.05, 0.1) is 23.3 Å². The fourth-order valence-electron chi connectivity index (χ4n) is 4.33. The Kier molecular flexibility index (Phi) is 6.20. The Bertz CT molecular complexity index is 1280. The van der Waals surface area contributed by atoms with Crippen molar-refractivity contribution in [3.63, 3.8) is 0 Å². The van der Waals surface area contributed by atoms with Crippen LogP contribution < -0.4 is 20.1 Å². The van der Waals surface area contributed by atoms with E-state index in [2.05, 4.69) is 22.5 Å². The number of hydrogen-bond acceptors (Lipinski definition) is 7. The lowest BCUT2D eigenvalue weighted by atomic mass is 10.0. The molecule has 0 saturated carbocycles. The third-order valence-corrected chi connectivity index (χ3v) is 7.66. The molecule has 0 unspecified atom stereocenters. The Labute approximate surface area is 206 Å². The number of hydrogen-bond donors (Lipinski definition) is 2. The van der Waals surface area contributed by atoms with Crippen LogP contribution in [0.15, 0.2) is 42.5 Å². The Morgan fingerprint density at radius 2 is 2.03 bits per heavy atom. The zero-order valence-electron chi connectivity index (χ0n) is 18.8. The number of carbonyl (C=O) groups excluding carboxylic acids is 2. The fourth-order valence-corrected chi connectivity index (χ4v) is 5.86. The maximum Gasteiger partial charge on any atom is 0.345 e. The van der Waals surface area contributed by atoms with E-state index in [1.807, 2.05) is 0 Å². The average molecular weight is 498 g/mol. The van der Waals surface area contributed by atoms with Gasteiger partial charge in [-0.1, -0.05) is 36.7 Å². The van der Waals surface area contributed by atoms with Gasteiger partial charge in [0.2, 0.25) is 0 Å². The molecule has 176 valence electrons. The summed E-state index contributed by atoms with van der Waals surface area (Å²) in [6.45, 7) is 5.00. The first-order valence-corrected chi connectivity index (χ1v) is 12.3. The van der Waals surface area contributed by atoms with Gasteiger partial charge < -0.3 is 20.1 Å². The van der Waals surface area contributed by atoms with Gasteiger partial charge >= 0.3 is 5.97 Å². The number of carbonyl (C=O) groups is 2. The number of anilines is 1. The topological polar surface area (TPSA) is 79.9 Å². The fraction of sp³-hybridized carbons (Fsp3) is 0.280. The summed E-state index contributed by atoms with van der Waals surface area (Å²) in [4.78, 5) is 29.2. The van der Waals surface area contributed by atoms with Crippen LogP contribution in [0.5, 0.6) is 11.5 Å². The van der Waals surface area contributed by atoms with E-state index < -0.39 is 12.1 Å². The Morgan fingerprint density at radius 1 is 1.21 bits per heavy atom. The van der Waals surface area contributed by atoms with Crippen molar-refractivity contribution in [3.05, 3.63) is 74.6 Å². The summed E-state index contributed by atoms with van der Waals surface area (Å²) < 4.78 is 11.0. The standard InChI is InChI=1S/C25H24ClN3O4S/c1-3-29-11-10-16-20(13-29)34-24-21(16)23(30)27-22(28-24)14-8-9-18(19(12-14)32-2)33-25(31)15-6-4-5-7-17(15)26/h4-9,12,22,28H,3,10-11,13H2,1-2H3,(H,27,30)/t22-/m0/s1. The number of likely N-dealkylation sites (N-methyl/N-ethyl adjacent to an activating group) is 1. The second kappa shape index (κ2) is 9.29. The number of fused-ring (bicyclic) bond motifs is 3. The van der Waals surface area contributed by atoms with Crippen LogP contribution in [0.2, 0.25) is 5.02 Å². The zero-order valence-corrected chi connectivity index (χ0v) is 20.4. The molecule has 0 radical (unpaired) electrons. The van der Waals surface area contributed by atoms with Gasteiger partial charge in [0, 0.05) is 18.0 Å². The molecule has 1 aromatic heterocycles. The number of benzene rings is 2. The smallest absolute Gasteiger partial charge is 0.345 e. The van der Waals surface area contributed by atoms with Crippen LogP contribution in [0.1, 0.15) is 49.8 Å². The summed E-state index contributed by atoms with van der Waals surface area (Å²) in [5, 5.41) is 7.73. The van der Waals surface area contributed by atoms with Gasteiger partial charge in [-0.25, -0.2) is 4.79 Å². The molecule has 7 nitrogen and oxygen atoms in total. The first kappa shape index (κ1) is 22.7. The molecule has 0 bridgehead atoms. The van der Waals surface area contributed by atoms with E-state index in [0.29, 0.717) is 10.8 Å². The van der Waals surface area contributed by atoms with Crippen molar-refractivity contribution in [2.24, 2.45) is 0 Å². The van der Waals surface area contributed by atoms with Crippen LogP contribution in [0.25, 0.3) is 0 Å². The van der Waals surface area contributed by atoms with Crippen LogP contribution in [0, 0.1) is 0 Å². The average Bonchev–Trinajstić information content (AvgIpc) is 3.22. The van der Waals surface area contributed by atoms with Gasteiger partial charge in [-0.3, -0.25) is 9.69 Å². The van der Waals surface area contributed by atoms with E-state index in [0.717, 1.165) is 47.7 Å². The number of halogens is 1. The molecule has 2 N–H and O–H groups in total. The lowest BCUT2D eigenvalue weighted by Gasteiger charge is -2.28. The molecule has 0 saturated heterocycles. The van der Waals surface area contributed by atoms with Crippen molar-refractivity contribution in [1.29, 1.82) is 0 Å². The van der Waals surface area contributed by atoms with Crippen molar-refractivity contribution >= 4 is 39.8 Å². The molecule has 1 atom stereocenters. The molecule has 0 fully saturated rings. The number of nitrogens with zero attached hydrogens (tertiary/aromatic N) is 1. The molecule has 2 aromatic carbocycles. The number of amides is 1. The molecule has 3 heterocycles. The number of thiophene rings is 1. The van der Waals surface area contributed by atoms with Gasteiger partial charge in [0.1, 0.15) is 11.2 Å². The third kappa shape index (κ3) is 4.13. The Balaban J connectivity index is 1.38. The maximum absolute atomic E-state index is 13.0. The van der Waals surface area contributed by atoms with Gasteiger partial charge in [0.25, 0.3) is 5.91 Å². The highest BCUT2D eigenvalue weighted by molar-refractivity contribution is 7.16. The normalized spacial score (nSPS) is 17.3. The van der Waals surface area contributed by atoms with Crippen molar-refractivity contribution < 1.29 is 19.1 Å². The summed E-state index contributed by atoms with van der Waals surface area (Å²) in [6, 6.07) is 11.9. The van der Waals surface area contributed by atoms with Crippen molar-refractivity contribution in [2.45, 2.75) is 26.1 Å². The second-order valence-electron chi connectivity index (χ2n) is 8.16. The summed E-state index contributed by atoms with van der Waals surface area (Å²) in [5.41, 5.74) is 2.99. The Hall–Kier alpha value is -3.07. The summed E-state index contributed by atoms with van der Waals surface area (Å²) in [7, 11) is 1.50. The van der Waals surface area contributed by atoms with Crippen molar-refractivity contribution in [1.82, 2.24) is 10.2 Å². The minimum Gasteiger partial charge on any atom is -0.493 e. The van der Waals surface area contributed by atoms with Gasteiger partial charge in [-0.2, -0.15) is 0 Å². The largest absolute Gasteiger partial charge is 0.493 e. The molecule has 0 aliphatic carbocycles. The molecule has 5 rings (SSSR count). The monoisotopic (exact) mass is 497 g/mol. The number of ether oxygens (including phenoxy) is 2. The number of methoxy groups -OCH3 is 1. The lowest BCUT2D eigenvalue weighted by Crippen LogP contribution is -2.38. The second-order valence-corrected chi connectivity index (χ2v) is 9.67. The van der Waals surface area contributed by atoms with Crippen LogP contribution in [-0.2, 0) is 13.0 Å². The molecule has 34 heavy (non-hydrogen) atoms. The van der Waals surface area contributed by atoms with E-state index >= 15 is 0 Å².